The first-order valence-corrected chi connectivity index (χ1v) is 11.6. The number of hydrogen-bond donors (Lipinski definition) is 1. The van der Waals surface area contributed by atoms with Gasteiger partial charge in [-0.25, -0.2) is 0 Å². The van der Waals surface area contributed by atoms with Gasteiger partial charge in [-0.1, -0.05) is 108 Å². The van der Waals surface area contributed by atoms with Gasteiger partial charge in [-0.05, 0) is 12.0 Å². The van der Waals surface area contributed by atoms with Crippen molar-refractivity contribution in [1.82, 2.24) is 0 Å². The van der Waals surface area contributed by atoms with Crippen LogP contribution in [0.15, 0.2) is 30.3 Å². The topological polar surface area (TPSA) is 54.4 Å². The molecule has 0 aliphatic heterocycles. The normalized spacial score (nSPS) is 13.0. The summed E-state index contributed by atoms with van der Waals surface area (Å²) in [7, 11) is -3.94. The first-order valence-electron chi connectivity index (χ1n) is 10.0. The Balaban J connectivity index is 2.16. The van der Waals surface area contributed by atoms with Crippen molar-refractivity contribution in [3.63, 3.8) is 0 Å². The van der Waals surface area contributed by atoms with Crippen LogP contribution in [-0.2, 0) is 10.1 Å². The van der Waals surface area contributed by atoms with Crippen molar-refractivity contribution in [2.75, 3.05) is 5.75 Å². The summed E-state index contributed by atoms with van der Waals surface area (Å²) in [6, 6.07) is 9.68. The Morgan fingerprint density at radius 2 is 1.28 bits per heavy atom. The van der Waals surface area contributed by atoms with Crippen molar-refractivity contribution in [3.05, 3.63) is 35.9 Å². The predicted octanol–water partition coefficient (Wildman–Crippen LogP) is 6.36. The molecule has 0 aliphatic carbocycles. The van der Waals surface area contributed by atoms with E-state index in [1.807, 2.05) is 30.3 Å². The Bertz CT molecular complexity index is 525. The third-order valence-electron chi connectivity index (χ3n) is 4.84. The molecule has 0 bridgehead atoms. The van der Waals surface area contributed by atoms with Gasteiger partial charge in [-0.15, -0.1) is 0 Å². The third kappa shape index (κ3) is 12.2. The zero-order chi connectivity index (χ0) is 18.4. The highest BCUT2D eigenvalue weighted by molar-refractivity contribution is 7.85. The first-order chi connectivity index (χ1) is 12.0. The molecule has 0 fully saturated rings. The number of hydrogen-bond acceptors (Lipinski definition) is 2. The molecule has 25 heavy (non-hydrogen) atoms. The van der Waals surface area contributed by atoms with Crippen LogP contribution in [0.2, 0.25) is 0 Å². The molecule has 0 aliphatic rings. The molecule has 1 rings (SSSR count). The molecule has 144 valence electrons. The molecule has 1 N–H and O–H groups in total. The van der Waals surface area contributed by atoms with Gasteiger partial charge in [0.25, 0.3) is 10.1 Å². The fourth-order valence-corrected chi connectivity index (χ4v) is 4.25. The summed E-state index contributed by atoms with van der Waals surface area (Å²) in [5, 5.41) is 0. The minimum Gasteiger partial charge on any atom is -0.286 e. The molecule has 1 aromatic carbocycles. The van der Waals surface area contributed by atoms with E-state index in [2.05, 4.69) is 6.92 Å². The lowest BCUT2D eigenvalue weighted by molar-refractivity contribution is 0.470. The van der Waals surface area contributed by atoms with Crippen molar-refractivity contribution in [2.24, 2.45) is 0 Å². The van der Waals surface area contributed by atoms with E-state index in [1.165, 1.54) is 57.8 Å². The maximum atomic E-state index is 11.3. The van der Waals surface area contributed by atoms with Gasteiger partial charge in [-0.2, -0.15) is 8.42 Å². The molecule has 3 nitrogen and oxygen atoms in total. The molecule has 0 saturated heterocycles. The number of rotatable bonds is 15. The van der Waals surface area contributed by atoms with E-state index in [4.69, 9.17) is 0 Å². The van der Waals surface area contributed by atoms with Crippen molar-refractivity contribution in [3.8, 4) is 0 Å². The van der Waals surface area contributed by atoms with Crippen molar-refractivity contribution < 1.29 is 13.0 Å². The minimum atomic E-state index is -3.94. The van der Waals surface area contributed by atoms with Crippen LogP contribution in [0.1, 0.15) is 95.5 Å². The average Bonchev–Trinajstić information content (AvgIpc) is 2.58. The smallest absolute Gasteiger partial charge is 0.265 e. The lowest BCUT2D eigenvalue weighted by Crippen LogP contribution is -2.14. The Morgan fingerprint density at radius 3 is 1.76 bits per heavy atom. The van der Waals surface area contributed by atoms with Crippen LogP contribution in [0.3, 0.4) is 0 Å². The second-order valence-electron chi connectivity index (χ2n) is 7.18. The molecule has 4 heteroatoms. The van der Waals surface area contributed by atoms with Crippen LogP contribution >= 0.6 is 0 Å². The van der Waals surface area contributed by atoms with Crippen LogP contribution < -0.4 is 0 Å². The lowest BCUT2D eigenvalue weighted by Gasteiger charge is -2.15. The lowest BCUT2D eigenvalue weighted by atomic mass is 9.94. The monoisotopic (exact) mass is 368 g/mol. The Hall–Kier alpha value is -0.870. The summed E-state index contributed by atoms with van der Waals surface area (Å²) < 4.78 is 31.7. The average molecular weight is 369 g/mol. The van der Waals surface area contributed by atoms with Gasteiger partial charge < -0.3 is 0 Å². The van der Waals surface area contributed by atoms with E-state index >= 15 is 0 Å². The largest absolute Gasteiger partial charge is 0.286 e. The SMILES string of the molecule is CCCCCCCCCCCCCC(CS(=O)(=O)O)c1ccccc1. The molecule has 1 unspecified atom stereocenters. The predicted molar refractivity (Wildman–Crippen MR) is 107 cm³/mol. The quantitative estimate of drug-likeness (QED) is 0.289. The summed E-state index contributed by atoms with van der Waals surface area (Å²) >= 11 is 0. The van der Waals surface area contributed by atoms with E-state index < -0.39 is 10.1 Å². The molecule has 1 aromatic rings. The van der Waals surface area contributed by atoms with E-state index in [0.29, 0.717) is 0 Å². The fourth-order valence-electron chi connectivity index (χ4n) is 3.38. The second kappa shape index (κ2) is 13.3. The maximum Gasteiger partial charge on any atom is 0.265 e. The van der Waals surface area contributed by atoms with Crippen molar-refractivity contribution in [2.45, 2.75) is 89.9 Å². The van der Waals surface area contributed by atoms with Gasteiger partial charge in [0.2, 0.25) is 0 Å². The summed E-state index contributed by atoms with van der Waals surface area (Å²) in [5.74, 6) is -0.274. The van der Waals surface area contributed by atoms with Crippen LogP contribution in [-0.4, -0.2) is 18.7 Å². The van der Waals surface area contributed by atoms with Crippen LogP contribution in [0, 0.1) is 0 Å². The van der Waals surface area contributed by atoms with Gasteiger partial charge in [0, 0.05) is 5.92 Å². The molecule has 0 amide bonds. The molecular formula is C21H36O3S. The summed E-state index contributed by atoms with van der Waals surface area (Å²) in [6.45, 7) is 2.25. The number of unbranched alkanes of at least 4 members (excludes halogenated alkanes) is 10. The Kier molecular flexibility index (Phi) is 11.8. The highest BCUT2D eigenvalue weighted by Crippen LogP contribution is 2.24. The third-order valence-corrected chi connectivity index (χ3v) is 5.66. The molecular weight excluding hydrogens is 332 g/mol. The fraction of sp³-hybridized carbons (Fsp3) is 0.714. The van der Waals surface area contributed by atoms with Crippen molar-refractivity contribution >= 4 is 10.1 Å². The standard InChI is InChI=1S/C21H36O3S/c1-2-3-4-5-6-7-8-9-10-11-13-18-21(19-25(22,23)24)20-16-14-12-15-17-20/h12,14-17,21H,2-11,13,18-19H2,1H3,(H,22,23,24). The molecule has 0 spiro atoms. The van der Waals surface area contributed by atoms with Crippen LogP contribution in [0.25, 0.3) is 0 Å². The number of benzene rings is 1. The highest BCUT2D eigenvalue weighted by Gasteiger charge is 2.18. The van der Waals surface area contributed by atoms with Gasteiger partial charge in [0.05, 0.1) is 5.75 Å². The molecule has 0 saturated carbocycles. The Morgan fingerprint density at radius 1 is 0.800 bits per heavy atom. The van der Waals surface area contributed by atoms with Gasteiger partial charge in [0.1, 0.15) is 0 Å². The van der Waals surface area contributed by atoms with Gasteiger partial charge in [0.15, 0.2) is 0 Å². The van der Waals surface area contributed by atoms with E-state index in [-0.39, 0.29) is 11.7 Å². The first kappa shape index (κ1) is 22.2. The zero-order valence-electron chi connectivity index (χ0n) is 15.8. The van der Waals surface area contributed by atoms with E-state index in [1.54, 1.807) is 0 Å². The molecule has 1 atom stereocenters. The van der Waals surface area contributed by atoms with Crippen molar-refractivity contribution in [1.29, 1.82) is 0 Å². The van der Waals surface area contributed by atoms with Gasteiger partial charge in [-0.3, -0.25) is 4.55 Å². The second-order valence-corrected chi connectivity index (χ2v) is 8.68. The highest BCUT2D eigenvalue weighted by atomic mass is 32.2. The Labute approximate surface area is 155 Å². The maximum absolute atomic E-state index is 11.3. The zero-order valence-corrected chi connectivity index (χ0v) is 16.6. The molecule has 0 radical (unpaired) electrons. The molecule has 0 aromatic heterocycles. The summed E-state index contributed by atoms with van der Waals surface area (Å²) in [5.41, 5.74) is 1.01. The minimum absolute atomic E-state index is 0.102. The van der Waals surface area contributed by atoms with E-state index in [0.717, 1.165) is 24.8 Å². The van der Waals surface area contributed by atoms with E-state index in [9.17, 15) is 13.0 Å². The van der Waals surface area contributed by atoms with Crippen LogP contribution in [0.4, 0.5) is 0 Å². The summed E-state index contributed by atoms with van der Waals surface area (Å²) in [4.78, 5) is 0. The summed E-state index contributed by atoms with van der Waals surface area (Å²) in [6.07, 6.45) is 14.9. The van der Waals surface area contributed by atoms with Gasteiger partial charge >= 0.3 is 0 Å². The van der Waals surface area contributed by atoms with Crippen LogP contribution in [0.5, 0.6) is 0 Å². The molecule has 0 heterocycles.